The predicted molar refractivity (Wildman–Crippen MR) is 179 cm³/mol. The molecule has 1 fully saturated rings. The third kappa shape index (κ3) is 7.71. The van der Waals surface area contributed by atoms with Gasteiger partial charge in [0.15, 0.2) is 5.84 Å². The Labute approximate surface area is 272 Å². The van der Waals surface area contributed by atoms with Crippen LogP contribution in [0.1, 0.15) is 85.4 Å². The first-order chi connectivity index (χ1) is 22.3. The summed E-state index contributed by atoms with van der Waals surface area (Å²) < 4.78 is 7.16. The Bertz CT molecular complexity index is 1880. The van der Waals surface area contributed by atoms with Crippen LogP contribution in [-0.2, 0) is 20.9 Å². The zero-order chi connectivity index (χ0) is 33.9. The van der Waals surface area contributed by atoms with Gasteiger partial charge in [-0.05, 0) is 68.9 Å². The maximum Gasteiger partial charge on any atom is 0.407 e. The highest BCUT2D eigenvalue weighted by molar-refractivity contribution is 6.16. The van der Waals surface area contributed by atoms with Gasteiger partial charge in [0.2, 0.25) is 0 Å². The van der Waals surface area contributed by atoms with Gasteiger partial charge in [-0.25, -0.2) is 9.59 Å². The number of ether oxygens (including phenoxy) is 1. The van der Waals surface area contributed by atoms with Gasteiger partial charge >= 0.3 is 12.1 Å². The summed E-state index contributed by atoms with van der Waals surface area (Å²) >= 11 is 0. The lowest BCUT2D eigenvalue weighted by Crippen LogP contribution is -2.45. The number of amidine groups is 1. The van der Waals surface area contributed by atoms with Gasteiger partial charge < -0.3 is 36.2 Å². The molecule has 0 aliphatic heterocycles. The van der Waals surface area contributed by atoms with E-state index in [2.05, 4.69) is 15.8 Å². The number of benzene rings is 3. The average molecular weight is 641 g/mol. The van der Waals surface area contributed by atoms with Crippen LogP contribution < -0.4 is 22.1 Å². The van der Waals surface area contributed by atoms with Crippen molar-refractivity contribution in [1.82, 2.24) is 15.2 Å². The molecule has 246 valence electrons. The number of rotatable bonds is 8. The molecule has 5 rings (SSSR count). The van der Waals surface area contributed by atoms with Gasteiger partial charge in [-0.15, -0.1) is 0 Å². The average Bonchev–Trinajstić information content (AvgIpc) is 3.33. The molecule has 1 aromatic heterocycles. The number of hydrogen-bond acceptors (Lipinski definition) is 7. The highest BCUT2D eigenvalue weighted by atomic mass is 16.7. The number of alkyl carbamates (subject to hydrolysis) is 1. The fourth-order valence-electron chi connectivity index (χ4n) is 6.04. The minimum absolute atomic E-state index is 0.0524. The maximum absolute atomic E-state index is 14.2. The summed E-state index contributed by atoms with van der Waals surface area (Å²) in [5.41, 5.74) is 13.6. The van der Waals surface area contributed by atoms with Crippen molar-refractivity contribution in [2.75, 3.05) is 0 Å². The van der Waals surface area contributed by atoms with Crippen LogP contribution in [0.4, 0.5) is 4.79 Å². The molecule has 0 bridgehead atoms. The highest BCUT2D eigenvalue weighted by Gasteiger charge is 2.30. The first-order valence-corrected chi connectivity index (χ1v) is 15.5. The Hall–Kier alpha value is -5.39. The van der Waals surface area contributed by atoms with Crippen LogP contribution in [0.15, 0.2) is 65.8 Å². The van der Waals surface area contributed by atoms with Crippen molar-refractivity contribution in [1.29, 1.82) is 0 Å². The van der Waals surface area contributed by atoms with Crippen LogP contribution in [-0.4, -0.2) is 52.0 Å². The molecule has 12 nitrogen and oxygen atoms in total. The second-order valence-corrected chi connectivity index (χ2v) is 12.8. The van der Waals surface area contributed by atoms with Crippen LogP contribution in [0.2, 0.25) is 0 Å². The topological polar surface area (TPSA) is 180 Å². The third-order valence-corrected chi connectivity index (χ3v) is 8.09. The summed E-state index contributed by atoms with van der Waals surface area (Å²) in [5.74, 6) is -1.88. The smallest absolute Gasteiger partial charge is 0.407 e. The number of amides is 3. The van der Waals surface area contributed by atoms with E-state index < -0.39 is 29.5 Å². The van der Waals surface area contributed by atoms with E-state index in [9.17, 15) is 19.2 Å². The number of oxime groups is 1. The van der Waals surface area contributed by atoms with E-state index in [-0.39, 0.29) is 35.7 Å². The van der Waals surface area contributed by atoms with Crippen molar-refractivity contribution in [3.8, 4) is 0 Å². The lowest BCUT2D eigenvalue weighted by molar-refractivity contribution is -0.140. The van der Waals surface area contributed by atoms with Crippen LogP contribution >= 0.6 is 0 Å². The summed E-state index contributed by atoms with van der Waals surface area (Å²) in [4.78, 5) is 55.5. The molecule has 6 N–H and O–H groups in total. The summed E-state index contributed by atoms with van der Waals surface area (Å²) in [6.07, 6.45) is 2.07. The second-order valence-electron chi connectivity index (χ2n) is 12.8. The molecule has 3 amide bonds. The number of carbonyl (C=O) groups excluding carboxylic acids is 4. The third-order valence-electron chi connectivity index (χ3n) is 8.09. The molecular formula is C35H40N6O6. The molecule has 1 aliphatic carbocycles. The van der Waals surface area contributed by atoms with E-state index in [1.54, 1.807) is 22.8 Å². The molecule has 1 aliphatic rings. The van der Waals surface area contributed by atoms with Crippen molar-refractivity contribution < 1.29 is 28.8 Å². The van der Waals surface area contributed by atoms with Crippen molar-refractivity contribution >= 4 is 51.4 Å². The number of nitrogens with zero attached hydrogens (tertiary/aromatic N) is 2. The van der Waals surface area contributed by atoms with Crippen LogP contribution in [0.5, 0.6) is 0 Å². The van der Waals surface area contributed by atoms with Crippen molar-refractivity contribution in [3.63, 3.8) is 0 Å². The van der Waals surface area contributed by atoms with Gasteiger partial charge in [-0.2, -0.15) is 0 Å². The lowest BCUT2D eigenvalue weighted by atomic mass is 9.91. The first-order valence-electron chi connectivity index (χ1n) is 15.5. The SMILES string of the molecule is CC(=O)ON=C(N)c1ccc2c(C(N)=O)c(C(=O)NC3CCC(NC(=O)OC(C)(C)C)CC3)n(Cc3cccc4ccccc34)c2c1. The van der Waals surface area contributed by atoms with Gasteiger partial charge in [-0.1, -0.05) is 59.8 Å². The summed E-state index contributed by atoms with van der Waals surface area (Å²) in [6.45, 7) is 6.88. The van der Waals surface area contributed by atoms with Crippen molar-refractivity contribution in [2.24, 2.45) is 16.6 Å². The molecule has 0 saturated heterocycles. The molecular weight excluding hydrogens is 600 g/mol. The number of carbonyl (C=O) groups is 4. The number of aromatic nitrogens is 1. The fourth-order valence-corrected chi connectivity index (χ4v) is 6.04. The predicted octanol–water partition coefficient (Wildman–Crippen LogP) is 4.69. The molecule has 4 aromatic rings. The molecule has 0 atom stereocenters. The Balaban J connectivity index is 1.51. The molecule has 0 radical (unpaired) electrons. The Morgan fingerprint density at radius 2 is 1.55 bits per heavy atom. The monoisotopic (exact) mass is 640 g/mol. The number of hydrogen-bond donors (Lipinski definition) is 4. The molecule has 1 heterocycles. The Morgan fingerprint density at radius 3 is 2.21 bits per heavy atom. The van der Waals surface area contributed by atoms with Gasteiger partial charge in [0.1, 0.15) is 11.3 Å². The standard InChI is InChI=1S/C35H40N6O6/c1-20(42)47-40-31(36)22-12-17-27-28(18-22)41(19-23-10-7-9-21-8-5-6-11-26(21)23)30(29(27)32(37)43)33(44)38-24-13-15-25(16-14-24)39-34(45)46-35(2,3)4/h5-12,17-18,24-25H,13-16,19H2,1-4H3,(H2,36,40)(H2,37,43)(H,38,44)(H,39,45). The van der Waals surface area contributed by atoms with Gasteiger partial charge in [0.25, 0.3) is 11.8 Å². The quantitative estimate of drug-likeness (QED) is 0.0933. The Kier molecular flexibility index (Phi) is 9.50. The largest absolute Gasteiger partial charge is 0.444 e. The van der Waals surface area contributed by atoms with Crippen molar-refractivity contribution in [3.05, 3.63) is 83.0 Å². The highest BCUT2D eigenvalue weighted by Crippen LogP contribution is 2.31. The maximum atomic E-state index is 14.2. The summed E-state index contributed by atoms with van der Waals surface area (Å²) in [6, 6.07) is 18.5. The van der Waals surface area contributed by atoms with Crippen molar-refractivity contribution in [2.45, 2.75) is 77.6 Å². The van der Waals surface area contributed by atoms with E-state index in [0.717, 1.165) is 16.3 Å². The van der Waals surface area contributed by atoms with Gasteiger partial charge in [-0.3, -0.25) is 9.59 Å². The molecule has 12 heteroatoms. The van der Waals surface area contributed by atoms with E-state index >= 15 is 0 Å². The molecule has 0 spiro atoms. The van der Waals surface area contributed by atoms with E-state index in [1.165, 1.54) is 6.92 Å². The number of primary amides is 1. The van der Waals surface area contributed by atoms with Crippen LogP contribution in [0, 0.1) is 0 Å². The van der Waals surface area contributed by atoms with Crippen LogP contribution in [0.3, 0.4) is 0 Å². The zero-order valence-electron chi connectivity index (χ0n) is 27.0. The number of fused-ring (bicyclic) bond motifs is 2. The fraction of sp³-hybridized carbons (Fsp3) is 0.343. The molecule has 3 aromatic carbocycles. The minimum atomic E-state index is -0.753. The number of nitrogens with one attached hydrogen (secondary N) is 2. The summed E-state index contributed by atoms with van der Waals surface area (Å²) in [7, 11) is 0. The normalized spacial score (nSPS) is 16.9. The minimum Gasteiger partial charge on any atom is -0.444 e. The first kappa shape index (κ1) is 33.0. The van der Waals surface area contributed by atoms with E-state index in [4.69, 9.17) is 21.0 Å². The summed E-state index contributed by atoms with van der Waals surface area (Å²) in [5, 5.41) is 12.2. The molecule has 1 saturated carbocycles. The van der Waals surface area contributed by atoms with Gasteiger partial charge in [0, 0.05) is 36.5 Å². The second kappa shape index (κ2) is 13.5. The van der Waals surface area contributed by atoms with Crippen LogP contribution in [0.25, 0.3) is 21.7 Å². The molecule has 47 heavy (non-hydrogen) atoms. The molecule has 0 unspecified atom stereocenters. The zero-order valence-corrected chi connectivity index (χ0v) is 27.0. The Morgan fingerprint density at radius 1 is 0.894 bits per heavy atom. The van der Waals surface area contributed by atoms with E-state index in [1.807, 2.05) is 63.2 Å². The van der Waals surface area contributed by atoms with E-state index in [0.29, 0.717) is 42.1 Å². The van der Waals surface area contributed by atoms with Gasteiger partial charge in [0.05, 0.1) is 11.1 Å². The lowest BCUT2D eigenvalue weighted by Gasteiger charge is -2.30. The number of nitrogens with two attached hydrogens (primary N) is 2.